The summed E-state index contributed by atoms with van der Waals surface area (Å²) in [6.45, 7) is 0. The molecule has 0 aliphatic carbocycles. The van der Waals surface area contributed by atoms with Crippen molar-refractivity contribution >= 4 is 18.4 Å². The average molecular weight is 280 g/mol. The maximum atomic E-state index is 2.40. The van der Waals surface area contributed by atoms with Crippen LogP contribution in [0.2, 0.25) is 19.8 Å². The van der Waals surface area contributed by atoms with Gasteiger partial charge in [-0.2, -0.15) is 0 Å². The topological polar surface area (TPSA) is 0 Å². The van der Waals surface area contributed by atoms with Crippen LogP contribution in [0, 0.1) is 0 Å². The second-order valence-electron chi connectivity index (χ2n) is 3.00. The third-order valence-electron chi connectivity index (χ3n) is 0. The van der Waals surface area contributed by atoms with E-state index in [1.807, 2.05) is 0 Å². The Kier molecular flexibility index (Phi) is 1.74. The SMILES string of the molecule is [CH3][220Sn]([CH3])([CH3])[CH3]. The van der Waals surface area contributed by atoms with Crippen LogP contribution >= 0.6 is 0 Å². The van der Waals surface area contributed by atoms with Gasteiger partial charge in [-0.15, -0.1) is 0 Å². The summed E-state index contributed by atoms with van der Waals surface area (Å²) in [5.41, 5.74) is 0. The summed E-state index contributed by atoms with van der Waals surface area (Å²) < 4.78 is 0. The van der Waals surface area contributed by atoms with E-state index in [0.717, 1.165) is 0 Å². The molecular weight excluding hydrogens is 268 g/mol. The first-order chi connectivity index (χ1) is 2.00. The van der Waals surface area contributed by atoms with Gasteiger partial charge in [-0.05, 0) is 0 Å². The summed E-state index contributed by atoms with van der Waals surface area (Å²) in [4.78, 5) is 9.59. The second-order valence-corrected chi connectivity index (χ2v) is 20.1. The van der Waals surface area contributed by atoms with Crippen LogP contribution in [0.4, 0.5) is 0 Å². The summed E-state index contributed by atoms with van der Waals surface area (Å²) >= 11 is -1.18. The summed E-state index contributed by atoms with van der Waals surface area (Å²) in [5.74, 6) is 0. The fourth-order valence-corrected chi connectivity index (χ4v) is 0. The minimum atomic E-state index is -1.18. The summed E-state index contributed by atoms with van der Waals surface area (Å²) in [6, 6.07) is 0. The number of rotatable bonds is 0. The average Bonchev–Trinajstić information content (AvgIpc) is 0.722. The Morgan fingerprint density at radius 1 is 0.800 bits per heavy atom. The molecule has 1 heteroatoms. The number of hydrogen-bond donors (Lipinski definition) is 0. The van der Waals surface area contributed by atoms with Crippen LogP contribution in [0.25, 0.3) is 0 Å². The molecule has 0 aliphatic heterocycles. The zero-order chi connectivity index (χ0) is 4.50. The Balaban J connectivity index is 3.02. The van der Waals surface area contributed by atoms with Crippen LogP contribution in [0.5, 0.6) is 0 Å². The van der Waals surface area contributed by atoms with Crippen molar-refractivity contribution < 1.29 is 0 Å². The van der Waals surface area contributed by atoms with Gasteiger partial charge in [0.2, 0.25) is 0 Å². The fourth-order valence-electron chi connectivity index (χ4n) is 0. The van der Waals surface area contributed by atoms with Crippen molar-refractivity contribution in [2.75, 3.05) is 0 Å². The second kappa shape index (κ2) is 1.50. The van der Waals surface area contributed by atoms with E-state index in [2.05, 4.69) is 19.8 Å². The quantitative estimate of drug-likeness (QED) is 0.595. The molecule has 5 heavy (non-hydrogen) atoms. The predicted octanol–water partition coefficient (Wildman–Crippen LogP) is 1.95. The molecule has 0 saturated heterocycles. The van der Waals surface area contributed by atoms with E-state index in [-0.39, 0.29) is 0 Å². The van der Waals surface area contributed by atoms with Gasteiger partial charge in [0.15, 0.2) is 0 Å². The molecule has 0 heterocycles. The predicted molar refractivity (Wildman–Crippen MR) is 29.2 cm³/mol. The molecule has 0 fully saturated rings. The molecule has 0 amide bonds. The minimum absolute atomic E-state index is 1.18. The van der Waals surface area contributed by atoms with E-state index in [0.29, 0.717) is 0 Å². The Bertz CT molecular complexity index is 19.1. The first-order valence-corrected chi connectivity index (χ1v) is 13.4. The van der Waals surface area contributed by atoms with Gasteiger partial charge in [-0.25, -0.2) is 0 Å². The van der Waals surface area contributed by atoms with Gasteiger partial charge in [-0.3, -0.25) is 0 Å². The Labute approximate surface area is 38.5 Å². The zero-order valence-corrected chi connectivity index (χ0v) is 7.35. The molecule has 0 rings (SSSR count). The van der Waals surface area contributed by atoms with Crippen LogP contribution in [0.3, 0.4) is 0 Å². The molecule has 0 saturated carbocycles. The van der Waals surface area contributed by atoms with Crippen LogP contribution in [-0.4, -0.2) is 18.4 Å². The van der Waals surface area contributed by atoms with Gasteiger partial charge in [0.1, 0.15) is 0 Å². The van der Waals surface area contributed by atoms with Crippen molar-refractivity contribution in [3.05, 3.63) is 0 Å². The van der Waals surface area contributed by atoms with E-state index in [4.69, 9.17) is 0 Å². The molecule has 0 aromatic carbocycles. The van der Waals surface area contributed by atoms with E-state index in [9.17, 15) is 0 Å². The molecule has 0 N–H and O–H groups in total. The van der Waals surface area contributed by atoms with Crippen LogP contribution in [-0.2, 0) is 0 Å². The Hall–Kier alpha value is 0.799. The summed E-state index contributed by atoms with van der Waals surface area (Å²) in [6.07, 6.45) is 0. The first-order valence-electron chi connectivity index (χ1n) is 2.00. The van der Waals surface area contributed by atoms with Crippen LogP contribution < -0.4 is 0 Å². The van der Waals surface area contributed by atoms with Crippen molar-refractivity contribution in [3.63, 3.8) is 0 Å². The van der Waals surface area contributed by atoms with Crippen molar-refractivity contribution in [1.29, 1.82) is 0 Å². The molecule has 0 aromatic rings. The van der Waals surface area contributed by atoms with Gasteiger partial charge in [-0.1, -0.05) is 0 Å². The molecule has 0 bridgehead atoms. The molecule has 0 atom stereocenters. The molecular formula is C4H12Sn. The fraction of sp³-hybridized carbons (Fsp3) is 1.00. The van der Waals surface area contributed by atoms with E-state index in [1.165, 1.54) is 0 Å². The normalized spacial score (nSPS) is 12.0. The van der Waals surface area contributed by atoms with Gasteiger partial charge in [0, 0.05) is 0 Å². The van der Waals surface area contributed by atoms with Crippen molar-refractivity contribution in [2.45, 2.75) is 19.8 Å². The molecule has 0 unspecified atom stereocenters. The van der Waals surface area contributed by atoms with E-state index >= 15 is 0 Å². The van der Waals surface area contributed by atoms with E-state index in [1.54, 1.807) is 0 Å². The molecule has 0 spiro atoms. The van der Waals surface area contributed by atoms with Gasteiger partial charge in [0.25, 0.3) is 0 Å². The summed E-state index contributed by atoms with van der Waals surface area (Å²) in [7, 11) is 0. The third-order valence-corrected chi connectivity index (χ3v) is 0. The van der Waals surface area contributed by atoms with Gasteiger partial charge >= 0.3 is 38.1 Å². The molecule has 0 radical (unpaired) electrons. The Morgan fingerprint density at radius 2 is 0.800 bits per heavy atom. The molecule has 0 nitrogen and oxygen atoms in total. The monoisotopic (exact) mass is 280 g/mol. The molecule has 0 aromatic heterocycles. The van der Waals surface area contributed by atoms with Gasteiger partial charge < -0.3 is 0 Å². The third kappa shape index (κ3) is 58.9. The van der Waals surface area contributed by atoms with Gasteiger partial charge in [0.05, 0.1) is 0 Å². The van der Waals surface area contributed by atoms with Crippen LogP contribution in [0.15, 0.2) is 0 Å². The van der Waals surface area contributed by atoms with Crippen molar-refractivity contribution in [1.82, 2.24) is 0 Å². The Morgan fingerprint density at radius 3 is 0.800 bits per heavy atom. The molecule has 32 valence electrons. The number of hydrogen-bond acceptors (Lipinski definition) is 0. The standard InChI is InChI=1S/4CH3.Sn/h4*1H3;/i;;;;1-1. The van der Waals surface area contributed by atoms with Crippen LogP contribution in [0.1, 0.15) is 0 Å². The maximum absolute atomic E-state index is 2.40. The van der Waals surface area contributed by atoms with Crippen molar-refractivity contribution in [3.8, 4) is 0 Å². The first kappa shape index (κ1) is 5.80. The zero-order valence-electron chi connectivity index (χ0n) is 4.50. The molecule has 0 aliphatic rings. The van der Waals surface area contributed by atoms with Crippen molar-refractivity contribution in [2.24, 2.45) is 0 Å². The summed E-state index contributed by atoms with van der Waals surface area (Å²) in [5, 5.41) is 0. The van der Waals surface area contributed by atoms with E-state index < -0.39 is 18.4 Å².